The summed E-state index contributed by atoms with van der Waals surface area (Å²) < 4.78 is 14.1. The van der Waals surface area contributed by atoms with Crippen LogP contribution >= 0.6 is 27.3 Å². The molecule has 0 radical (unpaired) electrons. The van der Waals surface area contributed by atoms with E-state index in [0.29, 0.717) is 31.1 Å². The molecule has 0 fully saturated rings. The summed E-state index contributed by atoms with van der Waals surface area (Å²) in [5.74, 6) is 0.534. The Morgan fingerprint density at radius 3 is 2.56 bits per heavy atom. The fourth-order valence-electron chi connectivity index (χ4n) is 2.44. The maximum absolute atomic E-state index is 13.0. The molecule has 27 heavy (non-hydrogen) atoms. The Bertz CT molecular complexity index is 891. The largest absolute Gasteiger partial charge is 0.395 e. The zero-order valence-corrected chi connectivity index (χ0v) is 16.7. The van der Waals surface area contributed by atoms with Crippen molar-refractivity contribution in [3.8, 4) is 0 Å². The van der Waals surface area contributed by atoms with Crippen molar-refractivity contribution in [2.24, 2.45) is 0 Å². The highest BCUT2D eigenvalue weighted by atomic mass is 79.9. The molecule has 0 aliphatic heterocycles. The van der Waals surface area contributed by atoms with Crippen molar-refractivity contribution < 1.29 is 9.50 Å². The van der Waals surface area contributed by atoms with E-state index >= 15 is 0 Å². The van der Waals surface area contributed by atoms with Gasteiger partial charge in [0.25, 0.3) is 0 Å². The first-order valence-corrected chi connectivity index (χ1v) is 9.73. The van der Waals surface area contributed by atoms with Gasteiger partial charge < -0.3 is 16.2 Å². The summed E-state index contributed by atoms with van der Waals surface area (Å²) in [4.78, 5) is 15.8. The molecule has 0 bridgehead atoms. The average molecular weight is 453 g/mol. The summed E-state index contributed by atoms with van der Waals surface area (Å²) in [6.45, 7) is 1.56. The number of hydrogen-bond acceptors (Lipinski definition) is 8. The fourth-order valence-corrected chi connectivity index (χ4v) is 3.97. The van der Waals surface area contributed by atoms with Gasteiger partial charge in [-0.25, -0.2) is 4.39 Å². The van der Waals surface area contributed by atoms with E-state index in [4.69, 9.17) is 5.73 Å². The first-order chi connectivity index (χ1) is 13.0. The molecule has 1 aromatic carbocycles. The smallest absolute Gasteiger partial charge is 0.232 e. The number of nitrogen functional groups attached to an aromatic ring is 1. The predicted molar refractivity (Wildman–Crippen MR) is 107 cm³/mol. The number of benzene rings is 1. The Balaban J connectivity index is 1.73. The second kappa shape index (κ2) is 9.18. The number of halogens is 2. The van der Waals surface area contributed by atoms with Crippen LogP contribution in [0.5, 0.6) is 0 Å². The lowest BCUT2D eigenvalue weighted by Crippen LogP contribution is -2.27. The lowest BCUT2D eigenvalue weighted by molar-refractivity contribution is 0.182. The number of aromatic nitrogens is 3. The third kappa shape index (κ3) is 5.93. The van der Waals surface area contributed by atoms with E-state index in [1.165, 1.54) is 12.1 Å². The molecule has 0 amide bonds. The van der Waals surface area contributed by atoms with Crippen LogP contribution in [-0.2, 0) is 13.1 Å². The van der Waals surface area contributed by atoms with Crippen LogP contribution in [-0.4, -0.2) is 38.1 Å². The highest BCUT2D eigenvalue weighted by Crippen LogP contribution is 2.23. The molecule has 2 heterocycles. The van der Waals surface area contributed by atoms with E-state index in [1.54, 1.807) is 23.5 Å². The Kier molecular flexibility index (Phi) is 6.67. The van der Waals surface area contributed by atoms with Gasteiger partial charge in [-0.1, -0.05) is 0 Å². The third-order valence-electron chi connectivity index (χ3n) is 3.59. The number of aliphatic hydroxyl groups is 1. The second-order valence-corrected chi connectivity index (χ2v) is 8.25. The molecule has 7 nitrogen and oxygen atoms in total. The number of nitrogens with one attached hydrogen (secondary N) is 1. The predicted octanol–water partition coefficient (Wildman–Crippen LogP) is 3.16. The molecule has 0 saturated carbocycles. The Morgan fingerprint density at radius 1 is 1.11 bits per heavy atom. The maximum atomic E-state index is 13.0. The number of nitrogens with zero attached hydrogens (tertiary/aromatic N) is 4. The van der Waals surface area contributed by atoms with Gasteiger partial charge in [-0.05, 0) is 52.3 Å². The Hall–Kier alpha value is -2.14. The summed E-state index contributed by atoms with van der Waals surface area (Å²) >= 11 is 5.09. The van der Waals surface area contributed by atoms with Gasteiger partial charge in [0, 0.05) is 23.7 Å². The number of aliphatic hydroxyl groups excluding tert-OH is 1. The summed E-state index contributed by atoms with van der Waals surface area (Å²) in [7, 11) is 0. The maximum Gasteiger partial charge on any atom is 0.232 e. The van der Waals surface area contributed by atoms with Gasteiger partial charge in [-0.2, -0.15) is 15.0 Å². The van der Waals surface area contributed by atoms with Gasteiger partial charge in [-0.15, -0.1) is 11.3 Å². The molecule has 3 aromatic rings. The quantitative estimate of drug-likeness (QED) is 0.482. The number of anilines is 3. The van der Waals surface area contributed by atoms with Crippen LogP contribution in [0, 0.1) is 5.82 Å². The normalized spacial score (nSPS) is 11.1. The molecule has 0 spiro atoms. The standard InChI is InChI=1S/C17H18BrFN6OS/c18-14-6-5-13(27-14)9-25(7-8-26)10-15-22-16(20)24-17(23-15)21-12-3-1-11(19)2-4-12/h1-6,26H,7-10H2,(H3,20,21,22,23,24). The third-order valence-corrected chi connectivity index (χ3v) is 5.20. The van der Waals surface area contributed by atoms with Crippen LogP contribution in [0.1, 0.15) is 10.7 Å². The van der Waals surface area contributed by atoms with Gasteiger partial charge in [0.15, 0.2) is 0 Å². The first kappa shape index (κ1) is 19.6. The van der Waals surface area contributed by atoms with Crippen LogP contribution in [0.25, 0.3) is 0 Å². The monoisotopic (exact) mass is 452 g/mol. The molecular weight excluding hydrogens is 435 g/mol. The van der Waals surface area contributed by atoms with Gasteiger partial charge in [0.1, 0.15) is 11.6 Å². The molecule has 0 unspecified atom stereocenters. The van der Waals surface area contributed by atoms with E-state index in [-0.39, 0.29) is 24.3 Å². The lowest BCUT2D eigenvalue weighted by Gasteiger charge is -2.20. The number of hydrogen-bond donors (Lipinski definition) is 3. The zero-order chi connectivity index (χ0) is 19.2. The van der Waals surface area contributed by atoms with Crippen LogP contribution in [0.15, 0.2) is 40.2 Å². The van der Waals surface area contributed by atoms with Crippen molar-refractivity contribution in [1.29, 1.82) is 0 Å². The topological polar surface area (TPSA) is 100 Å². The van der Waals surface area contributed by atoms with Crippen LogP contribution in [0.4, 0.5) is 22.0 Å². The number of thiophene rings is 1. The fraction of sp³-hybridized carbons (Fsp3) is 0.235. The first-order valence-electron chi connectivity index (χ1n) is 8.12. The van der Waals surface area contributed by atoms with E-state index < -0.39 is 0 Å². The van der Waals surface area contributed by atoms with Crippen LogP contribution in [0.3, 0.4) is 0 Å². The molecule has 3 rings (SSSR count). The molecule has 0 aliphatic rings. The SMILES string of the molecule is Nc1nc(CN(CCO)Cc2ccc(Br)s2)nc(Nc2ccc(F)cc2)n1. The molecule has 0 saturated heterocycles. The van der Waals surface area contributed by atoms with Crippen LogP contribution < -0.4 is 11.1 Å². The molecule has 142 valence electrons. The minimum Gasteiger partial charge on any atom is -0.395 e. The summed E-state index contributed by atoms with van der Waals surface area (Å²) in [6, 6.07) is 9.88. The molecule has 0 atom stereocenters. The molecule has 4 N–H and O–H groups in total. The van der Waals surface area contributed by atoms with Gasteiger partial charge in [-0.3, -0.25) is 4.90 Å². The number of rotatable bonds is 8. The van der Waals surface area contributed by atoms with Crippen LogP contribution in [0.2, 0.25) is 0 Å². The van der Waals surface area contributed by atoms with Crippen molar-refractivity contribution in [3.63, 3.8) is 0 Å². The molecule has 10 heteroatoms. The lowest BCUT2D eigenvalue weighted by atomic mass is 10.3. The van der Waals surface area contributed by atoms with Gasteiger partial charge >= 0.3 is 0 Å². The molecule has 2 aromatic heterocycles. The highest BCUT2D eigenvalue weighted by molar-refractivity contribution is 9.11. The second-order valence-electron chi connectivity index (χ2n) is 5.71. The molecule has 0 aliphatic carbocycles. The van der Waals surface area contributed by atoms with E-state index in [1.807, 2.05) is 17.0 Å². The van der Waals surface area contributed by atoms with Gasteiger partial charge in [0.05, 0.1) is 16.9 Å². The van der Waals surface area contributed by atoms with Crippen molar-refractivity contribution in [2.75, 3.05) is 24.2 Å². The minimum atomic E-state index is -0.323. The zero-order valence-electron chi connectivity index (χ0n) is 14.3. The minimum absolute atomic E-state index is 0.0216. The Labute approximate surface area is 168 Å². The van der Waals surface area contributed by atoms with Crippen molar-refractivity contribution in [3.05, 3.63) is 56.7 Å². The van der Waals surface area contributed by atoms with E-state index in [0.717, 1.165) is 8.66 Å². The van der Waals surface area contributed by atoms with E-state index in [9.17, 15) is 9.50 Å². The van der Waals surface area contributed by atoms with Gasteiger partial charge in [0.2, 0.25) is 11.9 Å². The Morgan fingerprint density at radius 2 is 1.89 bits per heavy atom. The van der Waals surface area contributed by atoms with E-state index in [2.05, 4.69) is 36.2 Å². The molecular formula is C17H18BrFN6OS. The average Bonchev–Trinajstić information content (AvgIpc) is 3.01. The van der Waals surface area contributed by atoms with Crippen molar-refractivity contribution >= 4 is 44.9 Å². The summed E-state index contributed by atoms with van der Waals surface area (Å²) in [5, 5.41) is 12.3. The van der Waals surface area contributed by atoms with Crippen molar-refractivity contribution in [1.82, 2.24) is 19.9 Å². The summed E-state index contributed by atoms with van der Waals surface area (Å²) in [5.41, 5.74) is 6.45. The summed E-state index contributed by atoms with van der Waals surface area (Å²) in [6.07, 6.45) is 0. The van der Waals surface area contributed by atoms with Crippen molar-refractivity contribution in [2.45, 2.75) is 13.1 Å². The number of nitrogens with two attached hydrogens (primary N) is 1. The highest BCUT2D eigenvalue weighted by Gasteiger charge is 2.12.